The molecular weight excluding hydrogens is 234 g/mol. The van der Waals surface area contributed by atoms with E-state index in [1.165, 1.54) is 13.3 Å². The predicted octanol–water partition coefficient (Wildman–Crippen LogP) is 2.25. The Morgan fingerprint density at radius 1 is 1.28 bits per heavy atom. The number of pyridine rings is 1. The Morgan fingerprint density at radius 2 is 2.00 bits per heavy atom. The number of benzene rings is 1. The zero-order valence-corrected chi connectivity index (χ0v) is 9.66. The zero-order chi connectivity index (χ0) is 13.1. The molecule has 0 spiro atoms. The molecule has 0 fully saturated rings. The average Bonchev–Trinajstić information content (AvgIpc) is 2.38. The molecule has 6 nitrogen and oxygen atoms in total. The minimum absolute atomic E-state index is 0.108. The quantitative estimate of drug-likeness (QED) is 0.661. The van der Waals surface area contributed by atoms with Crippen LogP contribution in [0, 0.1) is 10.1 Å². The van der Waals surface area contributed by atoms with Crippen molar-refractivity contribution in [2.75, 3.05) is 12.8 Å². The minimum Gasteiger partial charge on any atom is -0.496 e. The van der Waals surface area contributed by atoms with Gasteiger partial charge in [-0.1, -0.05) is 18.2 Å². The van der Waals surface area contributed by atoms with Crippen molar-refractivity contribution in [3.8, 4) is 16.9 Å². The van der Waals surface area contributed by atoms with E-state index < -0.39 is 4.92 Å². The summed E-state index contributed by atoms with van der Waals surface area (Å²) < 4.78 is 5.19. The van der Waals surface area contributed by atoms with Crippen LogP contribution in [0.3, 0.4) is 0 Å². The number of hydrogen-bond donors (Lipinski definition) is 1. The number of rotatable bonds is 3. The molecule has 0 aliphatic heterocycles. The molecule has 1 aromatic carbocycles. The molecular formula is C12H11N3O3. The van der Waals surface area contributed by atoms with Crippen molar-refractivity contribution in [1.82, 2.24) is 4.98 Å². The van der Waals surface area contributed by atoms with Gasteiger partial charge in [-0.05, 0) is 12.1 Å². The van der Waals surface area contributed by atoms with Gasteiger partial charge >= 0.3 is 5.69 Å². The highest BCUT2D eigenvalue weighted by Gasteiger charge is 2.22. The van der Waals surface area contributed by atoms with Crippen molar-refractivity contribution in [2.24, 2.45) is 0 Å². The molecule has 2 rings (SSSR count). The van der Waals surface area contributed by atoms with Crippen LogP contribution in [-0.2, 0) is 0 Å². The van der Waals surface area contributed by atoms with Crippen molar-refractivity contribution >= 4 is 11.5 Å². The molecule has 0 saturated heterocycles. The summed E-state index contributed by atoms with van der Waals surface area (Å²) in [6.07, 6.45) is 1.43. The lowest BCUT2D eigenvalue weighted by atomic mass is 10.0. The molecule has 0 unspecified atom stereocenters. The zero-order valence-electron chi connectivity index (χ0n) is 9.66. The Labute approximate surface area is 103 Å². The second-order valence-electron chi connectivity index (χ2n) is 3.55. The first kappa shape index (κ1) is 11.8. The molecule has 0 saturated carbocycles. The number of anilines is 1. The van der Waals surface area contributed by atoms with Crippen LogP contribution >= 0.6 is 0 Å². The molecule has 0 aliphatic rings. The van der Waals surface area contributed by atoms with Gasteiger partial charge in [-0.2, -0.15) is 0 Å². The maximum atomic E-state index is 11.1. The third-order valence-electron chi connectivity index (χ3n) is 2.53. The van der Waals surface area contributed by atoms with E-state index in [0.717, 1.165) is 0 Å². The van der Waals surface area contributed by atoms with Crippen molar-refractivity contribution < 1.29 is 9.66 Å². The Kier molecular flexibility index (Phi) is 3.09. The van der Waals surface area contributed by atoms with Gasteiger partial charge < -0.3 is 10.5 Å². The molecule has 0 radical (unpaired) electrons. The van der Waals surface area contributed by atoms with E-state index in [0.29, 0.717) is 16.9 Å². The van der Waals surface area contributed by atoms with Crippen LogP contribution in [0.25, 0.3) is 11.1 Å². The molecule has 6 heteroatoms. The Morgan fingerprint density at radius 3 is 2.67 bits per heavy atom. The number of hydrogen-bond acceptors (Lipinski definition) is 5. The molecule has 0 aliphatic carbocycles. The second kappa shape index (κ2) is 4.70. The predicted molar refractivity (Wildman–Crippen MR) is 67.3 cm³/mol. The fourth-order valence-corrected chi connectivity index (χ4v) is 1.75. The molecule has 0 bridgehead atoms. The van der Waals surface area contributed by atoms with Gasteiger partial charge in [0.15, 0.2) is 0 Å². The third kappa shape index (κ3) is 1.95. The van der Waals surface area contributed by atoms with Crippen LogP contribution in [0.1, 0.15) is 0 Å². The van der Waals surface area contributed by atoms with Crippen LogP contribution in [0.15, 0.2) is 36.5 Å². The number of para-hydroxylation sites is 1. The van der Waals surface area contributed by atoms with E-state index in [1.54, 1.807) is 30.3 Å². The summed E-state index contributed by atoms with van der Waals surface area (Å²) in [7, 11) is 1.51. The van der Waals surface area contributed by atoms with E-state index in [4.69, 9.17) is 10.5 Å². The number of ether oxygens (including phenoxy) is 1. The lowest BCUT2D eigenvalue weighted by Gasteiger charge is -2.09. The second-order valence-corrected chi connectivity index (χ2v) is 3.55. The first-order valence-corrected chi connectivity index (χ1v) is 5.17. The van der Waals surface area contributed by atoms with Gasteiger partial charge in [0.05, 0.1) is 17.6 Å². The van der Waals surface area contributed by atoms with Crippen LogP contribution in [-0.4, -0.2) is 17.0 Å². The summed E-state index contributed by atoms with van der Waals surface area (Å²) in [6, 6.07) is 8.58. The van der Waals surface area contributed by atoms with Crippen molar-refractivity contribution in [3.63, 3.8) is 0 Å². The first-order chi connectivity index (χ1) is 8.65. The summed E-state index contributed by atoms with van der Waals surface area (Å²) in [4.78, 5) is 14.3. The summed E-state index contributed by atoms with van der Waals surface area (Å²) in [5.74, 6) is 0.439. The highest BCUT2D eigenvalue weighted by atomic mass is 16.6. The van der Waals surface area contributed by atoms with E-state index in [1.807, 2.05) is 0 Å². The smallest absolute Gasteiger partial charge is 0.319 e. The van der Waals surface area contributed by atoms with Crippen LogP contribution < -0.4 is 10.5 Å². The van der Waals surface area contributed by atoms with Crippen LogP contribution in [0.5, 0.6) is 5.75 Å². The maximum absolute atomic E-state index is 11.1. The molecule has 1 aromatic heterocycles. The number of nitrogen functional groups attached to an aromatic ring is 1. The van der Waals surface area contributed by atoms with Gasteiger partial charge in [0.1, 0.15) is 5.75 Å². The molecule has 2 aromatic rings. The lowest BCUT2D eigenvalue weighted by Crippen LogP contribution is -2.01. The fraction of sp³-hybridized carbons (Fsp3) is 0.0833. The van der Waals surface area contributed by atoms with Crippen LogP contribution in [0.2, 0.25) is 0 Å². The molecule has 1 heterocycles. The average molecular weight is 245 g/mol. The topological polar surface area (TPSA) is 91.3 Å². The van der Waals surface area contributed by atoms with Gasteiger partial charge in [-0.15, -0.1) is 0 Å². The molecule has 0 atom stereocenters. The standard InChI is InChI=1S/C12H11N3O3/c1-18-10-5-3-2-4-8(10)9-6-7-14-12(13)11(9)15(16)17/h2-7H,1H3,(H2,13,14). The molecule has 92 valence electrons. The van der Waals surface area contributed by atoms with E-state index in [9.17, 15) is 10.1 Å². The van der Waals surface area contributed by atoms with E-state index in [2.05, 4.69) is 4.98 Å². The molecule has 2 N–H and O–H groups in total. The first-order valence-electron chi connectivity index (χ1n) is 5.17. The van der Waals surface area contributed by atoms with Gasteiger partial charge in [0, 0.05) is 11.8 Å². The van der Waals surface area contributed by atoms with Gasteiger partial charge in [0.2, 0.25) is 5.82 Å². The number of nitrogens with two attached hydrogens (primary N) is 1. The summed E-state index contributed by atoms with van der Waals surface area (Å²) in [5.41, 5.74) is 6.36. The van der Waals surface area contributed by atoms with Gasteiger partial charge in [-0.25, -0.2) is 4.98 Å². The van der Waals surface area contributed by atoms with Gasteiger partial charge in [0.25, 0.3) is 0 Å². The summed E-state index contributed by atoms with van der Waals surface area (Å²) in [6.45, 7) is 0. The van der Waals surface area contributed by atoms with Crippen molar-refractivity contribution in [2.45, 2.75) is 0 Å². The maximum Gasteiger partial charge on any atom is 0.319 e. The fourth-order valence-electron chi connectivity index (χ4n) is 1.75. The molecule has 18 heavy (non-hydrogen) atoms. The highest BCUT2D eigenvalue weighted by molar-refractivity contribution is 5.82. The largest absolute Gasteiger partial charge is 0.496 e. The van der Waals surface area contributed by atoms with E-state index in [-0.39, 0.29) is 11.5 Å². The number of aromatic nitrogens is 1. The van der Waals surface area contributed by atoms with Gasteiger partial charge in [-0.3, -0.25) is 10.1 Å². The number of methoxy groups -OCH3 is 1. The molecule has 0 amide bonds. The SMILES string of the molecule is COc1ccccc1-c1ccnc(N)c1[N+](=O)[O-]. The lowest BCUT2D eigenvalue weighted by molar-refractivity contribution is -0.383. The van der Waals surface area contributed by atoms with Crippen LogP contribution in [0.4, 0.5) is 11.5 Å². The highest BCUT2D eigenvalue weighted by Crippen LogP contribution is 2.37. The third-order valence-corrected chi connectivity index (χ3v) is 2.53. The number of nitrogens with zero attached hydrogens (tertiary/aromatic N) is 2. The van der Waals surface area contributed by atoms with Crippen molar-refractivity contribution in [3.05, 3.63) is 46.6 Å². The Balaban J connectivity index is 2.71. The Hall–Kier alpha value is -2.63. The van der Waals surface area contributed by atoms with Crippen molar-refractivity contribution in [1.29, 1.82) is 0 Å². The Bertz CT molecular complexity index is 599. The summed E-state index contributed by atoms with van der Waals surface area (Å²) in [5, 5.41) is 11.1. The summed E-state index contributed by atoms with van der Waals surface area (Å²) >= 11 is 0. The van der Waals surface area contributed by atoms with E-state index >= 15 is 0 Å². The number of nitro groups is 1. The minimum atomic E-state index is -0.538. The monoisotopic (exact) mass is 245 g/mol. The normalized spacial score (nSPS) is 10.1.